The quantitative estimate of drug-likeness (QED) is 0.926. The van der Waals surface area contributed by atoms with E-state index in [1.807, 2.05) is 37.8 Å². The average Bonchev–Trinajstić information content (AvgIpc) is 2.84. The normalized spacial score (nSPS) is 24.4. The largest absolute Gasteiger partial charge is 0.464 e. The zero-order valence-corrected chi connectivity index (χ0v) is 13.5. The van der Waals surface area contributed by atoms with Crippen molar-refractivity contribution in [1.29, 1.82) is 0 Å². The van der Waals surface area contributed by atoms with E-state index in [1.165, 1.54) is 0 Å². The van der Waals surface area contributed by atoms with Crippen LogP contribution in [0.25, 0.3) is 0 Å². The molecule has 21 heavy (non-hydrogen) atoms. The average molecular weight is 293 g/mol. The highest BCUT2D eigenvalue weighted by Crippen LogP contribution is 2.35. The van der Waals surface area contributed by atoms with Crippen LogP contribution in [0.2, 0.25) is 0 Å². The molecule has 0 radical (unpaired) electrons. The summed E-state index contributed by atoms with van der Waals surface area (Å²) in [6.45, 7) is 8.75. The molecule has 1 aromatic heterocycles. The Hall–Kier alpha value is -1.29. The van der Waals surface area contributed by atoms with Crippen LogP contribution >= 0.6 is 0 Å². The molecule has 3 atom stereocenters. The van der Waals surface area contributed by atoms with Crippen molar-refractivity contribution in [2.45, 2.75) is 59.1 Å². The molecule has 4 heteroatoms. The van der Waals surface area contributed by atoms with Gasteiger partial charge in [0.1, 0.15) is 11.5 Å². The van der Waals surface area contributed by atoms with Crippen LogP contribution in [0, 0.1) is 18.8 Å². The first-order chi connectivity index (χ1) is 9.88. The van der Waals surface area contributed by atoms with Crippen molar-refractivity contribution in [2.24, 2.45) is 11.8 Å². The molecule has 2 heterocycles. The number of aliphatic hydroxyl groups excluding tert-OH is 1. The number of piperidine rings is 1. The molecule has 0 saturated carbocycles. The lowest BCUT2D eigenvalue weighted by molar-refractivity contribution is -0.139. The minimum Gasteiger partial charge on any atom is -0.464 e. The van der Waals surface area contributed by atoms with Crippen LogP contribution in [0.5, 0.6) is 0 Å². The van der Waals surface area contributed by atoms with Crippen molar-refractivity contribution < 1.29 is 14.3 Å². The second-order valence-electron chi connectivity index (χ2n) is 6.70. The van der Waals surface area contributed by atoms with Crippen LogP contribution in [0.1, 0.15) is 57.6 Å². The van der Waals surface area contributed by atoms with Gasteiger partial charge in [0.05, 0.1) is 18.6 Å². The molecule has 1 aliphatic rings. The van der Waals surface area contributed by atoms with Crippen LogP contribution in [-0.4, -0.2) is 28.6 Å². The van der Waals surface area contributed by atoms with E-state index in [4.69, 9.17) is 4.42 Å². The predicted octanol–water partition coefficient (Wildman–Crippen LogP) is 3.29. The van der Waals surface area contributed by atoms with Crippen LogP contribution in [-0.2, 0) is 4.79 Å². The Morgan fingerprint density at radius 2 is 2.19 bits per heavy atom. The smallest absolute Gasteiger partial charge is 0.225 e. The van der Waals surface area contributed by atoms with Crippen molar-refractivity contribution in [3.05, 3.63) is 23.7 Å². The van der Waals surface area contributed by atoms with Gasteiger partial charge in [0.2, 0.25) is 5.91 Å². The van der Waals surface area contributed by atoms with E-state index in [9.17, 15) is 9.90 Å². The first-order valence-corrected chi connectivity index (χ1v) is 7.92. The van der Waals surface area contributed by atoms with Crippen LogP contribution in [0.4, 0.5) is 0 Å². The number of hydrogen-bond acceptors (Lipinski definition) is 3. The summed E-state index contributed by atoms with van der Waals surface area (Å²) >= 11 is 0. The lowest BCUT2D eigenvalue weighted by Gasteiger charge is -2.38. The third kappa shape index (κ3) is 3.88. The Bertz CT molecular complexity index is 480. The number of amides is 1. The minimum absolute atomic E-state index is 0.00862. The van der Waals surface area contributed by atoms with Crippen molar-refractivity contribution in [3.63, 3.8) is 0 Å². The van der Waals surface area contributed by atoms with Gasteiger partial charge in [-0.15, -0.1) is 0 Å². The number of aliphatic hydroxyl groups is 1. The van der Waals surface area contributed by atoms with Gasteiger partial charge < -0.3 is 14.4 Å². The van der Waals surface area contributed by atoms with E-state index < -0.39 is 6.10 Å². The van der Waals surface area contributed by atoms with Gasteiger partial charge in [0.25, 0.3) is 0 Å². The second kappa shape index (κ2) is 6.65. The third-order valence-corrected chi connectivity index (χ3v) is 4.43. The molecule has 0 spiro atoms. The van der Waals surface area contributed by atoms with Gasteiger partial charge in [-0.05, 0) is 43.7 Å². The van der Waals surface area contributed by atoms with E-state index in [0.29, 0.717) is 5.92 Å². The highest BCUT2D eigenvalue weighted by molar-refractivity contribution is 5.77. The summed E-state index contributed by atoms with van der Waals surface area (Å²) in [7, 11) is 0. The first kappa shape index (κ1) is 16.1. The maximum absolute atomic E-state index is 12.5. The molecule has 0 bridgehead atoms. The van der Waals surface area contributed by atoms with Crippen molar-refractivity contribution >= 4 is 5.91 Å². The number of furan rings is 1. The van der Waals surface area contributed by atoms with Gasteiger partial charge in [0.15, 0.2) is 0 Å². The first-order valence-electron chi connectivity index (χ1n) is 7.92. The molecule has 1 N–H and O–H groups in total. The molecule has 0 aromatic carbocycles. The second-order valence-corrected chi connectivity index (χ2v) is 6.70. The topological polar surface area (TPSA) is 53.7 Å². The van der Waals surface area contributed by atoms with E-state index >= 15 is 0 Å². The molecular weight excluding hydrogens is 266 g/mol. The zero-order valence-electron chi connectivity index (χ0n) is 13.5. The number of rotatable bonds is 4. The highest BCUT2D eigenvalue weighted by atomic mass is 16.3. The van der Waals surface area contributed by atoms with Gasteiger partial charge in [-0.25, -0.2) is 0 Å². The molecule has 1 fully saturated rings. The number of likely N-dealkylation sites (tertiary alicyclic amines) is 1. The van der Waals surface area contributed by atoms with Gasteiger partial charge in [-0.3, -0.25) is 4.79 Å². The fraction of sp³-hybridized carbons (Fsp3) is 0.706. The Morgan fingerprint density at radius 1 is 1.48 bits per heavy atom. The van der Waals surface area contributed by atoms with Crippen molar-refractivity contribution in [1.82, 2.24) is 4.90 Å². The van der Waals surface area contributed by atoms with Gasteiger partial charge >= 0.3 is 0 Å². The van der Waals surface area contributed by atoms with E-state index in [0.717, 1.165) is 30.9 Å². The molecule has 0 unspecified atom stereocenters. The molecule has 1 amide bonds. The predicted molar refractivity (Wildman–Crippen MR) is 81.8 cm³/mol. The van der Waals surface area contributed by atoms with Gasteiger partial charge in [0, 0.05) is 6.54 Å². The molecule has 1 aliphatic heterocycles. The lowest BCUT2D eigenvalue weighted by atomic mass is 9.90. The summed E-state index contributed by atoms with van der Waals surface area (Å²) in [5.41, 5.74) is 0. The number of nitrogens with zero attached hydrogens (tertiary/aromatic N) is 1. The zero-order chi connectivity index (χ0) is 15.6. The Kier molecular flexibility index (Phi) is 5.09. The summed E-state index contributed by atoms with van der Waals surface area (Å²) in [6, 6.07) is 3.92. The molecule has 4 nitrogen and oxygen atoms in total. The van der Waals surface area contributed by atoms with Crippen LogP contribution < -0.4 is 0 Å². The summed E-state index contributed by atoms with van der Waals surface area (Å²) in [5.74, 6) is 2.45. The standard InChI is InChI=1S/C17H27NO3/c1-11(2)15(19)10-17(20)18-8-7-12(3)9-14(18)16-6-5-13(4)21-16/h5-6,11-12,14-15,19H,7-10H2,1-4H3/t12-,14-,15+/m0/s1. The SMILES string of the molecule is Cc1ccc([C@@H]2C[C@@H](C)CCN2C(=O)C[C@@H](O)C(C)C)o1. The highest BCUT2D eigenvalue weighted by Gasteiger charge is 2.33. The molecule has 2 rings (SSSR count). The number of carbonyl (C=O) groups is 1. The molecule has 118 valence electrons. The Morgan fingerprint density at radius 3 is 2.76 bits per heavy atom. The monoisotopic (exact) mass is 293 g/mol. The number of hydrogen-bond donors (Lipinski definition) is 1. The molecule has 1 saturated heterocycles. The summed E-state index contributed by atoms with van der Waals surface area (Å²) in [5, 5.41) is 9.97. The Labute approximate surface area is 127 Å². The van der Waals surface area contributed by atoms with Gasteiger partial charge in [-0.1, -0.05) is 20.8 Å². The van der Waals surface area contributed by atoms with E-state index in [1.54, 1.807) is 0 Å². The van der Waals surface area contributed by atoms with Crippen molar-refractivity contribution in [2.75, 3.05) is 6.54 Å². The summed E-state index contributed by atoms with van der Waals surface area (Å²) < 4.78 is 5.75. The van der Waals surface area contributed by atoms with Gasteiger partial charge in [-0.2, -0.15) is 0 Å². The van der Waals surface area contributed by atoms with Crippen LogP contribution in [0.3, 0.4) is 0 Å². The lowest BCUT2D eigenvalue weighted by Crippen LogP contribution is -2.42. The maximum Gasteiger partial charge on any atom is 0.225 e. The van der Waals surface area contributed by atoms with Crippen LogP contribution in [0.15, 0.2) is 16.5 Å². The number of carbonyl (C=O) groups excluding carboxylic acids is 1. The molecule has 0 aliphatic carbocycles. The maximum atomic E-state index is 12.5. The van der Waals surface area contributed by atoms with Crippen molar-refractivity contribution in [3.8, 4) is 0 Å². The summed E-state index contributed by atoms with van der Waals surface area (Å²) in [4.78, 5) is 14.4. The van der Waals surface area contributed by atoms with E-state index in [2.05, 4.69) is 6.92 Å². The third-order valence-electron chi connectivity index (χ3n) is 4.43. The summed E-state index contributed by atoms with van der Waals surface area (Å²) in [6.07, 6.45) is 1.56. The Balaban J connectivity index is 2.13. The molecular formula is C17H27NO3. The van der Waals surface area contributed by atoms with E-state index in [-0.39, 0.29) is 24.3 Å². The molecule has 1 aromatic rings. The number of aryl methyl sites for hydroxylation is 1. The fourth-order valence-electron chi connectivity index (χ4n) is 2.87. The fourth-order valence-corrected chi connectivity index (χ4v) is 2.87. The minimum atomic E-state index is -0.573.